The van der Waals surface area contributed by atoms with Gasteiger partial charge < -0.3 is 14.4 Å². The summed E-state index contributed by atoms with van der Waals surface area (Å²) < 4.78 is 10.3. The van der Waals surface area contributed by atoms with E-state index in [9.17, 15) is 24.5 Å². The molecule has 0 saturated heterocycles. The minimum absolute atomic E-state index is 0.0286. The molecule has 2 amide bonds. The van der Waals surface area contributed by atoms with Crippen LogP contribution < -0.4 is 10.2 Å². The lowest BCUT2D eigenvalue weighted by Crippen LogP contribution is -2.38. The maximum atomic E-state index is 12.7. The number of nitro benzene ring substituents is 1. The molecule has 10 heteroatoms. The zero-order valence-electron chi connectivity index (χ0n) is 18.6. The summed E-state index contributed by atoms with van der Waals surface area (Å²) in [6.45, 7) is 5.22. The molecule has 33 heavy (non-hydrogen) atoms. The summed E-state index contributed by atoms with van der Waals surface area (Å²) in [4.78, 5) is 48.8. The third-order valence-corrected chi connectivity index (χ3v) is 4.79. The molecule has 0 radical (unpaired) electrons. The van der Waals surface area contributed by atoms with Crippen molar-refractivity contribution < 1.29 is 28.8 Å². The molecule has 1 N–H and O–H groups in total. The normalized spacial score (nSPS) is 13.0. The molecular weight excluding hydrogens is 430 g/mol. The Morgan fingerprint density at radius 3 is 2.45 bits per heavy atom. The van der Waals surface area contributed by atoms with E-state index in [4.69, 9.17) is 9.47 Å². The number of hydrogen-bond donors (Lipinski definition) is 1. The molecule has 2 aromatic rings. The van der Waals surface area contributed by atoms with E-state index in [-0.39, 0.29) is 11.3 Å². The summed E-state index contributed by atoms with van der Waals surface area (Å²) in [5, 5.41) is 13.5. The number of aryl methyl sites for hydroxylation is 1. The van der Waals surface area contributed by atoms with Gasteiger partial charge in [-0.2, -0.15) is 0 Å². The third-order valence-electron chi connectivity index (χ3n) is 4.79. The van der Waals surface area contributed by atoms with Crippen molar-refractivity contribution in [1.82, 2.24) is 0 Å². The maximum Gasteiger partial charge on any atom is 0.412 e. The third kappa shape index (κ3) is 6.28. The molecule has 174 valence electrons. The van der Waals surface area contributed by atoms with E-state index in [1.165, 1.54) is 41.3 Å². The second-order valence-corrected chi connectivity index (χ2v) is 8.50. The van der Waals surface area contributed by atoms with E-state index >= 15 is 0 Å². The Hall–Kier alpha value is -3.95. The van der Waals surface area contributed by atoms with Crippen LogP contribution in [-0.2, 0) is 20.7 Å². The van der Waals surface area contributed by atoms with Crippen molar-refractivity contribution in [2.24, 2.45) is 0 Å². The highest BCUT2D eigenvalue weighted by atomic mass is 16.6. The van der Waals surface area contributed by atoms with Crippen molar-refractivity contribution in [3.05, 3.63) is 63.7 Å². The molecule has 0 atom stereocenters. The number of nitro groups is 1. The van der Waals surface area contributed by atoms with Crippen molar-refractivity contribution in [1.29, 1.82) is 0 Å². The number of ether oxygens (including phenoxy) is 2. The van der Waals surface area contributed by atoms with Gasteiger partial charge in [-0.15, -0.1) is 0 Å². The van der Waals surface area contributed by atoms with Crippen LogP contribution in [0.25, 0.3) is 0 Å². The Bertz CT molecular complexity index is 1070. The maximum absolute atomic E-state index is 12.7. The fraction of sp³-hybridized carbons (Fsp3) is 0.348. The summed E-state index contributed by atoms with van der Waals surface area (Å²) in [6.07, 6.45) is 0.667. The molecule has 0 aliphatic carbocycles. The predicted molar refractivity (Wildman–Crippen MR) is 120 cm³/mol. The SMILES string of the molecule is CC(C)(C)OC(=O)Nc1ccc(C(=O)OCC(=O)N2CCCc3cc([N+](=O)[O-])ccc32)cc1. The average molecular weight is 455 g/mol. The number of rotatable bonds is 5. The van der Waals surface area contributed by atoms with E-state index < -0.39 is 35.1 Å². The molecule has 0 bridgehead atoms. The fourth-order valence-electron chi connectivity index (χ4n) is 3.36. The van der Waals surface area contributed by atoms with Crippen LogP contribution in [0.2, 0.25) is 0 Å². The van der Waals surface area contributed by atoms with E-state index in [0.29, 0.717) is 36.3 Å². The molecule has 3 rings (SSSR count). The van der Waals surface area contributed by atoms with Crippen molar-refractivity contribution in [3.63, 3.8) is 0 Å². The number of hydrogen-bond acceptors (Lipinski definition) is 7. The van der Waals surface area contributed by atoms with Gasteiger partial charge in [0.2, 0.25) is 0 Å². The lowest BCUT2D eigenvalue weighted by molar-refractivity contribution is -0.384. The van der Waals surface area contributed by atoms with Gasteiger partial charge in [-0.1, -0.05) is 0 Å². The van der Waals surface area contributed by atoms with Crippen LogP contribution in [0.15, 0.2) is 42.5 Å². The van der Waals surface area contributed by atoms with Crippen molar-refractivity contribution >= 4 is 35.0 Å². The lowest BCUT2D eigenvalue weighted by Gasteiger charge is -2.29. The van der Waals surface area contributed by atoms with Crippen molar-refractivity contribution in [3.8, 4) is 0 Å². The number of nitrogens with one attached hydrogen (secondary N) is 1. The van der Waals surface area contributed by atoms with E-state index in [2.05, 4.69) is 5.32 Å². The molecule has 0 fully saturated rings. The van der Waals surface area contributed by atoms with Crippen LogP contribution in [0.3, 0.4) is 0 Å². The van der Waals surface area contributed by atoms with Gasteiger partial charge in [0.25, 0.3) is 11.6 Å². The molecule has 2 aromatic carbocycles. The van der Waals surface area contributed by atoms with Crippen LogP contribution in [0.4, 0.5) is 21.9 Å². The number of amides is 2. The van der Waals surface area contributed by atoms with Crippen LogP contribution >= 0.6 is 0 Å². The molecule has 1 heterocycles. The Morgan fingerprint density at radius 1 is 1.12 bits per heavy atom. The monoisotopic (exact) mass is 455 g/mol. The number of carbonyl (C=O) groups excluding carboxylic acids is 3. The number of carbonyl (C=O) groups is 3. The molecule has 1 aliphatic heterocycles. The van der Waals surface area contributed by atoms with Crippen LogP contribution in [0, 0.1) is 10.1 Å². The quantitative estimate of drug-likeness (QED) is 0.409. The standard InChI is InChI=1S/C23H25N3O7/c1-23(2,3)33-22(29)24-17-8-6-15(7-9-17)21(28)32-14-20(27)25-12-4-5-16-13-18(26(30)31)10-11-19(16)25/h6-11,13H,4-5,12,14H2,1-3H3,(H,24,29). The van der Waals surface area contributed by atoms with Gasteiger partial charge >= 0.3 is 12.1 Å². The molecule has 1 aliphatic rings. The predicted octanol–water partition coefficient (Wildman–Crippen LogP) is 4.08. The Morgan fingerprint density at radius 2 is 1.82 bits per heavy atom. The smallest absolute Gasteiger partial charge is 0.412 e. The fourth-order valence-corrected chi connectivity index (χ4v) is 3.36. The Balaban J connectivity index is 1.57. The minimum Gasteiger partial charge on any atom is -0.452 e. The molecule has 0 aromatic heterocycles. The van der Waals surface area contributed by atoms with E-state index in [0.717, 1.165) is 0 Å². The first kappa shape index (κ1) is 23.7. The first-order valence-electron chi connectivity index (χ1n) is 10.4. The second-order valence-electron chi connectivity index (χ2n) is 8.50. The van der Waals surface area contributed by atoms with Crippen LogP contribution in [-0.4, -0.2) is 41.6 Å². The molecular formula is C23H25N3O7. The van der Waals surface area contributed by atoms with Gasteiger partial charge in [-0.05, 0) is 69.5 Å². The van der Waals surface area contributed by atoms with Crippen molar-refractivity contribution in [2.75, 3.05) is 23.4 Å². The van der Waals surface area contributed by atoms with Gasteiger partial charge in [-0.25, -0.2) is 9.59 Å². The van der Waals surface area contributed by atoms with Gasteiger partial charge in [-0.3, -0.25) is 20.2 Å². The Labute approximate surface area is 190 Å². The molecule has 0 unspecified atom stereocenters. The van der Waals surface area contributed by atoms with Crippen molar-refractivity contribution in [2.45, 2.75) is 39.2 Å². The minimum atomic E-state index is -0.687. The number of non-ortho nitro benzene ring substituents is 1. The number of esters is 1. The summed E-state index contributed by atoms with van der Waals surface area (Å²) in [7, 11) is 0. The summed E-state index contributed by atoms with van der Waals surface area (Å²) in [6, 6.07) is 10.3. The van der Waals surface area contributed by atoms with Gasteiger partial charge in [0.15, 0.2) is 6.61 Å². The lowest BCUT2D eigenvalue weighted by atomic mass is 10.0. The second kappa shape index (κ2) is 9.68. The molecule has 10 nitrogen and oxygen atoms in total. The highest BCUT2D eigenvalue weighted by molar-refractivity contribution is 5.98. The van der Waals surface area contributed by atoms with E-state index in [1.54, 1.807) is 26.8 Å². The summed E-state index contributed by atoms with van der Waals surface area (Å²) in [5.41, 5.74) is 1.29. The molecule has 0 spiro atoms. The highest BCUT2D eigenvalue weighted by Crippen LogP contribution is 2.30. The highest BCUT2D eigenvalue weighted by Gasteiger charge is 2.25. The first-order chi connectivity index (χ1) is 15.5. The van der Waals surface area contributed by atoms with Gasteiger partial charge in [0, 0.05) is 30.1 Å². The topological polar surface area (TPSA) is 128 Å². The average Bonchev–Trinajstić information content (AvgIpc) is 2.75. The Kier molecular flexibility index (Phi) is 6.95. The van der Waals surface area contributed by atoms with Crippen LogP contribution in [0.1, 0.15) is 43.1 Å². The number of nitrogens with zero attached hydrogens (tertiary/aromatic N) is 2. The van der Waals surface area contributed by atoms with Gasteiger partial charge in [0.1, 0.15) is 5.60 Å². The van der Waals surface area contributed by atoms with Gasteiger partial charge in [0.05, 0.1) is 10.5 Å². The summed E-state index contributed by atoms with van der Waals surface area (Å²) >= 11 is 0. The molecule has 0 saturated carbocycles. The first-order valence-corrected chi connectivity index (χ1v) is 10.4. The number of anilines is 2. The number of fused-ring (bicyclic) bond motifs is 1. The zero-order chi connectivity index (χ0) is 24.2. The van der Waals surface area contributed by atoms with Crippen LogP contribution in [0.5, 0.6) is 0 Å². The largest absolute Gasteiger partial charge is 0.452 e. The zero-order valence-corrected chi connectivity index (χ0v) is 18.6. The number of benzene rings is 2. The summed E-state index contributed by atoms with van der Waals surface area (Å²) in [5.74, 6) is -1.10. The van der Waals surface area contributed by atoms with E-state index in [1.807, 2.05) is 0 Å².